The molecule has 1 aliphatic rings. The van der Waals surface area contributed by atoms with Crippen LogP contribution in [-0.2, 0) is 11.3 Å². The number of rotatable bonds is 6. The number of hydrogen-bond acceptors (Lipinski definition) is 4. The van der Waals surface area contributed by atoms with Crippen molar-refractivity contribution in [3.63, 3.8) is 0 Å². The minimum Gasteiger partial charge on any atom is -0.449 e. The lowest BCUT2D eigenvalue weighted by Gasteiger charge is -2.23. The van der Waals surface area contributed by atoms with E-state index in [1.54, 1.807) is 4.90 Å². The summed E-state index contributed by atoms with van der Waals surface area (Å²) < 4.78 is 5.08. The van der Waals surface area contributed by atoms with Crippen molar-refractivity contribution in [2.24, 2.45) is 5.92 Å². The van der Waals surface area contributed by atoms with Crippen LogP contribution in [0.25, 0.3) is 10.4 Å². The molecular formula is C23H21NO4S. The third-order valence-corrected chi connectivity index (χ3v) is 5.88. The lowest BCUT2D eigenvalue weighted by Crippen LogP contribution is -2.31. The number of carboxylic acid groups (broad SMARTS) is 1. The average Bonchev–Trinajstić information content (AvgIpc) is 3.47. The number of carbonyl (C=O) groups is 2. The molecule has 5 nitrogen and oxygen atoms in total. The molecule has 0 saturated heterocycles. The number of benzene rings is 2. The fraction of sp³-hybridized carbons (Fsp3) is 0.217. The summed E-state index contributed by atoms with van der Waals surface area (Å²) in [6.45, 7) is 2.38. The smallest absolute Gasteiger partial charge is 0.449 e. The van der Waals surface area contributed by atoms with Gasteiger partial charge in [0.25, 0.3) is 0 Å². The van der Waals surface area contributed by atoms with E-state index < -0.39 is 6.16 Å². The summed E-state index contributed by atoms with van der Waals surface area (Å²) in [5.74, 6) is 0.0109. The standard InChI is InChI=1S/C23H21NO4S/c1-15-6-5-7-16(12-15)14-24(21(25)18-10-11-18)19-13-20(17-8-3-2-4-9-17)29-22(19)28-23(26)27/h2-9,12-13,18H,10-11,14H2,1H3,(H,26,27). The van der Waals surface area contributed by atoms with Crippen LogP contribution >= 0.6 is 11.3 Å². The van der Waals surface area contributed by atoms with Crippen LogP contribution in [0.5, 0.6) is 5.06 Å². The highest BCUT2D eigenvalue weighted by molar-refractivity contribution is 7.18. The molecule has 4 rings (SSSR count). The summed E-state index contributed by atoms with van der Waals surface area (Å²) in [6, 6.07) is 19.5. The third kappa shape index (κ3) is 4.49. The molecular weight excluding hydrogens is 386 g/mol. The predicted octanol–water partition coefficient (Wildman–Crippen LogP) is 5.72. The summed E-state index contributed by atoms with van der Waals surface area (Å²) in [6.07, 6.45) is 0.351. The molecule has 6 heteroatoms. The van der Waals surface area contributed by atoms with E-state index in [-0.39, 0.29) is 16.9 Å². The van der Waals surface area contributed by atoms with Crippen LogP contribution in [0.3, 0.4) is 0 Å². The predicted molar refractivity (Wildman–Crippen MR) is 114 cm³/mol. The van der Waals surface area contributed by atoms with Gasteiger partial charge < -0.3 is 14.7 Å². The summed E-state index contributed by atoms with van der Waals surface area (Å²) in [7, 11) is 0. The van der Waals surface area contributed by atoms with Gasteiger partial charge in [-0.2, -0.15) is 0 Å². The van der Waals surface area contributed by atoms with Crippen molar-refractivity contribution in [3.05, 3.63) is 71.8 Å². The Morgan fingerprint density at radius 2 is 1.86 bits per heavy atom. The molecule has 1 amide bonds. The molecule has 1 aromatic heterocycles. The monoisotopic (exact) mass is 407 g/mol. The SMILES string of the molecule is Cc1cccc(CN(C(=O)C2CC2)c2cc(-c3ccccc3)sc2OC(=O)O)c1. The average molecular weight is 407 g/mol. The minimum absolute atomic E-state index is 0.00226. The normalized spacial score (nSPS) is 13.1. The molecule has 0 unspecified atom stereocenters. The largest absolute Gasteiger partial charge is 0.512 e. The summed E-state index contributed by atoms with van der Waals surface area (Å²) >= 11 is 1.24. The van der Waals surface area contributed by atoms with E-state index >= 15 is 0 Å². The highest BCUT2D eigenvalue weighted by Gasteiger charge is 2.36. The van der Waals surface area contributed by atoms with E-state index in [4.69, 9.17) is 4.74 Å². The molecule has 1 aliphatic carbocycles. The Morgan fingerprint density at radius 3 is 2.52 bits per heavy atom. The van der Waals surface area contributed by atoms with Crippen LogP contribution in [0.1, 0.15) is 24.0 Å². The Kier molecular flexibility index (Phi) is 5.36. The lowest BCUT2D eigenvalue weighted by atomic mass is 10.1. The highest BCUT2D eigenvalue weighted by Crippen LogP contribution is 2.45. The lowest BCUT2D eigenvalue weighted by molar-refractivity contribution is -0.119. The van der Waals surface area contributed by atoms with Crippen molar-refractivity contribution in [1.29, 1.82) is 0 Å². The Bertz CT molecular complexity index is 1040. The van der Waals surface area contributed by atoms with E-state index in [0.717, 1.165) is 34.4 Å². The van der Waals surface area contributed by atoms with Crippen LogP contribution in [0.2, 0.25) is 0 Å². The molecule has 148 valence electrons. The summed E-state index contributed by atoms with van der Waals surface area (Å²) in [5.41, 5.74) is 3.56. The van der Waals surface area contributed by atoms with Gasteiger partial charge in [0.1, 0.15) is 0 Å². The van der Waals surface area contributed by atoms with Crippen LogP contribution in [-0.4, -0.2) is 17.2 Å². The van der Waals surface area contributed by atoms with E-state index in [9.17, 15) is 14.7 Å². The molecule has 0 spiro atoms. The molecule has 0 atom stereocenters. The van der Waals surface area contributed by atoms with E-state index in [1.807, 2.05) is 67.6 Å². The summed E-state index contributed by atoms with van der Waals surface area (Å²) in [5, 5.41) is 9.44. The Hall–Kier alpha value is -3.12. The molecule has 1 N–H and O–H groups in total. The van der Waals surface area contributed by atoms with Gasteiger partial charge in [0.15, 0.2) is 0 Å². The third-order valence-electron chi connectivity index (χ3n) is 4.82. The van der Waals surface area contributed by atoms with Gasteiger partial charge >= 0.3 is 6.16 Å². The maximum absolute atomic E-state index is 13.1. The van der Waals surface area contributed by atoms with Gasteiger partial charge in [-0.15, -0.1) is 0 Å². The van der Waals surface area contributed by atoms with Crippen molar-refractivity contribution in [2.45, 2.75) is 26.3 Å². The van der Waals surface area contributed by atoms with Crippen LogP contribution in [0.4, 0.5) is 10.5 Å². The first-order valence-corrected chi connectivity index (χ1v) is 10.3. The van der Waals surface area contributed by atoms with Crippen molar-refractivity contribution in [2.75, 3.05) is 4.90 Å². The quantitative estimate of drug-likeness (QED) is 0.531. The second-order valence-corrected chi connectivity index (χ2v) is 8.22. The van der Waals surface area contributed by atoms with Gasteiger partial charge in [0, 0.05) is 10.8 Å². The number of thiophene rings is 1. The number of carbonyl (C=O) groups excluding carboxylic acids is 1. The minimum atomic E-state index is -1.39. The maximum Gasteiger partial charge on any atom is 0.512 e. The molecule has 2 aromatic carbocycles. The van der Waals surface area contributed by atoms with Gasteiger partial charge in [-0.3, -0.25) is 4.79 Å². The second kappa shape index (κ2) is 8.09. The Labute approximate surface area is 173 Å². The van der Waals surface area contributed by atoms with Crippen LogP contribution in [0.15, 0.2) is 60.7 Å². The number of ether oxygens (including phenoxy) is 1. The first kappa shape index (κ1) is 19.2. The van der Waals surface area contributed by atoms with Crippen molar-refractivity contribution >= 4 is 29.1 Å². The Balaban J connectivity index is 1.76. The molecule has 1 heterocycles. The van der Waals surface area contributed by atoms with Gasteiger partial charge in [-0.1, -0.05) is 71.5 Å². The first-order chi connectivity index (χ1) is 14.0. The second-order valence-electron chi connectivity index (χ2n) is 7.21. The number of anilines is 1. The molecule has 1 saturated carbocycles. The van der Waals surface area contributed by atoms with Gasteiger partial charge in [-0.25, -0.2) is 4.79 Å². The number of hydrogen-bond donors (Lipinski definition) is 1. The van der Waals surface area contributed by atoms with Gasteiger partial charge in [0.05, 0.1) is 12.2 Å². The molecule has 0 bridgehead atoms. The molecule has 29 heavy (non-hydrogen) atoms. The van der Waals surface area contributed by atoms with Crippen molar-refractivity contribution in [3.8, 4) is 15.5 Å². The fourth-order valence-electron chi connectivity index (χ4n) is 3.28. The first-order valence-electron chi connectivity index (χ1n) is 9.48. The number of nitrogens with zero attached hydrogens (tertiary/aromatic N) is 1. The maximum atomic E-state index is 13.1. The van der Waals surface area contributed by atoms with E-state index in [1.165, 1.54) is 11.3 Å². The zero-order chi connectivity index (χ0) is 20.4. The molecule has 0 radical (unpaired) electrons. The Morgan fingerprint density at radius 1 is 1.10 bits per heavy atom. The molecule has 3 aromatic rings. The van der Waals surface area contributed by atoms with Crippen LogP contribution in [0, 0.1) is 12.8 Å². The molecule has 1 fully saturated rings. The zero-order valence-corrected chi connectivity index (χ0v) is 16.8. The van der Waals surface area contributed by atoms with Crippen molar-refractivity contribution < 1.29 is 19.4 Å². The number of amides is 1. The highest BCUT2D eigenvalue weighted by atomic mass is 32.1. The number of aryl methyl sites for hydroxylation is 1. The van der Waals surface area contributed by atoms with E-state index in [0.29, 0.717) is 12.2 Å². The zero-order valence-electron chi connectivity index (χ0n) is 16.0. The topological polar surface area (TPSA) is 66.8 Å². The fourth-order valence-corrected chi connectivity index (χ4v) is 4.29. The summed E-state index contributed by atoms with van der Waals surface area (Å²) in [4.78, 5) is 26.9. The van der Waals surface area contributed by atoms with Crippen molar-refractivity contribution in [1.82, 2.24) is 0 Å². The molecule has 0 aliphatic heterocycles. The van der Waals surface area contributed by atoms with Gasteiger partial charge in [-0.05, 0) is 37.0 Å². The van der Waals surface area contributed by atoms with Gasteiger partial charge in [0.2, 0.25) is 11.0 Å². The van der Waals surface area contributed by atoms with Crippen LogP contribution < -0.4 is 9.64 Å². The van der Waals surface area contributed by atoms with E-state index in [2.05, 4.69) is 0 Å².